The average molecular weight is 263 g/mol. The van der Waals surface area contributed by atoms with Crippen LogP contribution >= 0.6 is 0 Å². The molecule has 1 amide bonds. The van der Waals surface area contributed by atoms with Gasteiger partial charge in [-0.25, -0.2) is 0 Å². The molecule has 2 N–H and O–H groups in total. The summed E-state index contributed by atoms with van der Waals surface area (Å²) in [6, 6.07) is 2.94. The molecule has 1 fully saturated rings. The number of aromatic nitrogens is 1. The molecule has 104 valence electrons. The summed E-state index contributed by atoms with van der Waals surface area (Å²) < 4.78 is 1.38. The number of likely N-dealkylation sites (tertiary alicyclic amines) is 1. The fourth-order valence-corrected chi connectivity index (χ4v) is 2.48. The minimum Gasteiger partial charge on any atom is -0.398 e. The first kappa shape index (κ1) is 13.6. The van der Waals surface area contributed by atoms with E-state index in [2.05, 4.69) is 13.8 Å². The van der Waals surface area contributed by atoms with Crippen LogP contribution in [0.25, 0.3) is 0 Å². The minimum atomic E-state index is -0.192. The van der Waals surface area contributed by atoms with Crippen LogP contribution in [0.15, 0.2) is 23.1 Å². The van der Waals surface area contributed by atoms with E-state index in [0.29, 0.717) is 17.5 Å². The SMILES string of the molecule is CC(C)C1CCN(C(=O)Cn2cc(N)ccc2=O)C1. The van der Waals surface area contributed by atoms with Gasteiger partial charge >= 0.3 is 0 Å². The summed E-state index contributed by atoms with van der Waals surface area (Å²) in [5.74, 6) is 1.16. The molecule has 1 aliphatic rings. The highest BCUT2D eigenvalue weighted by Gasteiger charge is 2.27. The Labute approximate surface area is 113 Å². The normalized spacial score (nSPS) is 19.1. The third-order valence-corrected chi connectivity index (χ3v) is 3.83. The van der Waals surface area contributed by atoms with Crippen LogP contribution in [0.2, 0.25) is 0 Å². The maximum Gasteiger partial charge on any atom is 0.251 e. The molecule has 0 aliphatic carbocycles. The number of nitrogen functional groups attached to an aromatic ring is 1. The predicted octanol–water partition coefficient (Wildman–Crippen LogP) is 0.935. The van der Waals surface area contributed by atoms with Crippen LogP contribution in [0.3, 0.4) is 0 Å². The van der Waals surface area contributed by atoms with Gasteiger partial charge < -0.3 is 15.2 Å². The van der Waals surface area contributed by atoms with Crippen molar-refractivity contribution in [2.24, 2.45) is 11.8 Å². The summed E-state index contributed by atoms with van der Waals surface area (Å²) in [4.78, 5) is 25.7. The van der Waals surface area contributed by atoms with Crippen molar-refractivity contribution in [3.05, 3.63) is 28.7 Å². The third-order valence-electron chi connectivity index (χ3n) is 3.83. The molecule has 2 heterocycles. The van der Waals surface area contributed by atoms with Crippen LogP contribution < -0.4 is 11.3 Å². The quantitative estimate of drug-likeness (QED) is 0.882. The Bertz CT molecular complexity index is 522. The van der Waals surface area contributed by atoms with E-state index in [9.17, 15) is 9.59 Å². The molecule has 1 unspecified atom stereocenters. The first-order valence-electron chi connectivity index (χ1n) is 6.71. The van der Waals surface area contributed by atoms with Gasteiger partial charge in [0.05, 0.1) is 0 Å². The van der Waals surface area contributed by atoms with Crippen LogP contribution in [0, 0.1) is 11.8 Å². The van der Waals surface area contributed by atoms with Crippen molar-refractivity contribution in [3.63, 3.8) is 0 Å². The number of anilines is 1. The number of nitrogens with two attached hydrogens (primary N) is 1. The number of amides is 1. The highest BCUT2D eigenvalue weighted by Crippen LogP contribution is 2.23. The van der Waals surface area contributed by atoms with Gasteiger partial charge in [-0.05, 0) is 24.3 Å². The van der Waals surface area contributed by atoms with Crippen molar-refractivity contribution in [3.8, 4) is 0 Å². The Morgan fingerprint density at radius 1 is 1.47 bits per heavy atom. The molecular weight excluding hydrogens is 242 g/mol. The number of hydrogen-bond donors (Lipinski definition) is 1. The largest absolute Gasteiger partial charge is 0.398 e. The fraction of sp³-hybridized carbons (Fsp3) is 0.571. The zero-order valence-corrected chi connectivity index (χ0v) is 11.5. The van der Waals surface area contributed by atoms with Crippen molar-refractivity contribution in [2.45, 2.75) is 26.8 Å². The molecule has 19 heavy (non-hydrogen) atoms. The molecule has 1 aromatic heterocycles. The predicted molar refractivity (Wildman–Crippen MR) is 74.6 cm³/mol. The number of nitrogens with zero attached hydrogens (tertiary/aromatic N) is 2. The van der Waals surface area contributed by atoms with Gasteiger partial charge in [0.15, 0.2) is 0 Å². The second-order valence-electron chi connectivity index (χ2n) is 5.56. The number of carbonyl (C=O) groups is 1. The van der Waals surface area contributed by atoms with Gasteiger partial charge in [-0.15, -0.1) is 0 Å². The van der Waals surface area contributed by atoms with E-state index in [1.807, 2.05) is 4.90 Å². The lowest BCUT2D eigenvalue weighted by molar-refractivity contribution is -0.131. The van der Waals surface area contributed by atoms with Gasteiger partial charge in [-0.3, -0.25) is 9.59 Å². The van der Waals surface area contributed by atoms with Gasteiger partial charge in [-0.2, -0.15) is 0 Å². The first-order chi connectivity index (χ1) is 8.97. The van der Waals surface area contributed by atoms with E-state index >= 15 is 0 Å². The Morgan fingerprint density at radius 3 is 2.84 bits per heavy atom. The minimum absolute atomic E-state index is 0.00384. The smallest absolute Gasteiger partial charge is 0.251 e. The van der Waals surface area contributed by atoms with Gasteiger partial charge in [0.2, 0.25) is 5.91 Å². The molecule has 0 spiro atoms. The summed E-state index contributed by atoms with van der Waals surface area (Å²) in [6.07, 6.45) is 2.57. The van der Waals surface area contributed by atoms with Crippen LogP contribution in [-0.2, 0) is 11.3 Å². The summed E-state index contributed by atoms with van der Waals surface area (Å²) in [5, 5.41) is 0. The third kappa shape index (κ3) is 3.16. The molecule has 1 aliphatic heterocycles. The van der Waals surface area contributed by atoms with Crippen molar-refractivity contribution >= 4 is 11.6 Å². The Balaban J connectivity index is 2.02. The number of pyridine rings is 1. The standard InChI is InChI=1S/C14H21N3O2/c1-10(2)11-5-6-16(7-11)14(19)9-17-8-12(15)3-4-13(17)18/h3-4,8,10-11H,5-7,9,15H2,1-2H3. The Kier molecular flexibility index (Phi) is 3.93. The van der Waals surface area contributed by atoms with Crippen LogP contribution in [0.1, 0.15) is 20.3 Å². The molecular formula is C14H21N3O2. The van der Waals surface area contributed by atoms with Crippen molar-refractivity contribution < 1.29 is 4.79 Å². The molecule has 5 heteroatoms. The number of rotatable bonds is 3. The van der Waals surface area contributed by atoms with E-state index < -0.39 is 0 Å². The molecule has 0 saturated carbocycles. The van der Waals surface area contributed by atoms with Crippen molar-refractivity contribution in [1.82, 2.24) is 9.47 Å². The zero-order chi connectivity index (χ0) is 14.0. The van der Waals surface area contributed by atoms with E-state index in [4.69, 9.17) is 5.73 Å². The van der Waals surface area contributed by atoms with Crippen LogP contribution in [0.4, 0.5) is 5.69 Å². The molecule has 1 aromatic rings. The highest BCUT2D eigenvalue weighted by molar-refractivity contribution is 5.76. The van der Waals surface area contributed by atoms with Gasteiger partial charge in [0.1, 0.15) is 6.54 Å². The lowest BCUT2D eigenvalue weighted by Crippen LogP contribution is -2.35. The molecule has 0 aromatic carbocycles. The van der Waals surface area contributed by atoms with Crippen LogP contribution in [0.5, 0.6) is 0 Å². The zero-order valence-electron chi connectivity index (χ0n) is 11.5. The second-order valence-corrected chi connectivity index (χ2v) is 5.56. The lowest BCUT2D eigenvalue weighted by atomic mass is 9.95. The van der Waals surface area contributed by atoms with E-state index in [1.54, 1.807) is 6.07 Å². The average Bonchev–Trinajstić information content (AvgIpc) is 2.83. The monoisotopic (exact) mass is 263 g/mol. The van der Waals surface area contributed by atoms with Gasteiger partial charge in [-0.1, -0.05) is 13.8 Å². The van der Waals surface area contributed by atoms with Gasteiger partial charge in [0.25, 0.3) is 5.56 Å². The molecule has 5 nitrogen and oxygen atoms in total. The van der Waals surface area contributed by atoms with Crippen LogP contribution in [-0.4, -0.2) is 28.5 Å². The molecule has 2 rings (SSSR count). The number of hydrogen-bond acceptors (Lipinski definition) is 3. The summed E-state index contributed by atoms with van der Waals surface area (Å²) in [7, 11) is 0. The fourth-order valence-electron chi connectivity index (χ4n) is 2.48. The molecule has 1 saturated heterocycles. The van der Waals surface area contributed by atoms with E-state index in [-0.39, 0.29) is 18.0 Å². The van der Waals surface area contributed by atoms with E-state index in [0.717, 1.165) is 19.5 Å². The van der Waals surface area contributed by atoms with E-state index in [1.165, 1.54) is 16.8 Å². The van der Waals surface area contributed by atoms with Crippen molar-refractivity contribution in [2.75, 3.05) is 18.8 Å². The summed E-state index contributed by atoms with van der Waals surface area (Å²) >= 11 is 0. The molecule has 0 radical (unpaired) electrons. The number of carbonyl (C=O) groups excluding carboxylic acids is 1. The Hall–Kier alpha value is -1.78. The second kappa shape index (κ2) is 5.47. The van der Waals surface area contributed by atoms with Gasteiger partial charge in [0, 0.05) is 31.0 Å². The molecule has 0 bridgehead atoms. The highest BCUT2D eigenvalue weighted by atomic mass is 16.2. The van der Waals surface area contributed by atoms with Crippen molar-refractivity contribution in [1.29, 1.82) is 0 Å². The first-order valence-corrected chi connectivity index (χ1v) is 6.71. The Morgan fingerprint density at radius 2 is 2.21 bits per heavy atom. The topological polar surface area (TPSA) is 68.3 Å². The summed E-state index contributed by atoms with van der Waals surface area (Å²) in [5.41, 5.74) is 5.94. The maximum absolute atomic E-state index is 12.2. The summed E-state index contributed by atoms with van der Waals surface area (Å²) in [6.45, 7) is 6.03. The maximum atomic E-state index is 12.2. The lowest BCUT2D eigenvalue weighted by Gasteiger charge is -2.18. The molecule has 1 atom stereocenters.